The number of carbonyl (C=O) groups excluding carboxylic acids is 3. The number of hydrogen-bond donors (Lipinski definition) is 2. The van der Waals surface area contributed by atoms with Crippen LogP contribution in [0.3, 0.4) is 0 Å². The van der Waals surface area contributed by atoms with Crippen LogP contribution >= 0.6 is 0 Å². The van der Waals surface area contributed by atoms with E-state index in [4.69, 9.17) is 0 Å². The Balaban J connectivity index is 3.95. The Hall–Kier alpha value is -2.19. The van der Waals surface area contributed by atoms with Gasteiger partial charge in [0, 0.05) is 26.2 Å². The molecule has 0 saturated heterocycles. The Morgan fingerprint density at radius 3 is 1.57 bits per heavy atom. The van der Waals surface area contributed by atoms with E-state index in [0.717, 1.165) is 0 Å². The zero-order valence-electron chi connectivity index (χ0n) is 12.6. The molecular formula is C12H23N3O6. The minimum Gasteiger partial charge on any atom is -0.453 e. The summed E-state index contributed by atoms with van der Waals surface area (Å²) in [5.41, 5.74) is 0. The van der Waals surface area contributed by atoms with E-state index in [-0.39, 0.29) is 0 Å². The maximum absolute atomic E-state index is 11.6. The van der Waals surface area contributed by atoms with Gasteiger partial charge in [0.25, 0.3) is 0 Å². The van der Waals surface area contributed by atoms with Gasteiger partial charge in [-0.25, -0.2) is 14.4 Å². The third kappa shape index (κ3) is 9.36. The maximum atomic E-state index is 11.6. The first-order valence-electron chi connectivity index (χ1n) is 6.51. The normalized spacial score (nSPS) is 9.48. The zero-order chi connectivity index (χ0) is 16.1. The quantitative estimate of drug-likeness (QED) is 0.501. The van der Waals surface area contributed by atoms with Crippen molar-refractivity contribution < 1.29 is 28.6 Å². The average Bonchev–Trinajstić information content (AvgIpc) is 2.51. The Kier molecular flexibility index (Phi) is 10.4. The van der Waals surface area contributed by atoms with Gasteiger partial charge in [-0.2, -0.15) is 0 Å². The second-order valence-corrected chi connectivity index (χ2v) is 4.00. The first kappa shape index (κ1) is 18.8. The molecule has 0 aliphatic carbocycles. The van der Waals surface area contributed by atoms with Crippen molar-refractivity contribution in [1.29, 1.82) is 0 Å². The fraction of sp³-hybridized carbons (Fsp3) is 0.750. The number of ether oxygens (including phenoxy) is 3. The molecule has 0 heterocycles. The Morgan fingerprint density at radius 2 is 1.24 bits per heavy atom. The molecule has 0 spiro atoms. The average molecular weight is 305 g/mol. The number of nitrogens with one attached hydrogen (secondary N) is 2. The van der Waals surface area contributed by atoms with Crippen molar-refractivity contribution in [3.8, 4) is 0 Å². The molecule has 9 heteroatoms. The van der Waals surface area contributed by atoms with E-state index in [0.29, 0.717) is 39.0 Å². The topological polar surface area (TPSA) is 106 Å². The first-order valence-corrected chi connectivity index (χ1v) is 6.51. The molecule has 0 aliphatic rings. The highest BCUT2D eigenvalue weighted by Crippen LogP contribution is 1.97. The largest absolute Gasteiger partial charge is 0.453 e. The fourth-order valence-electron chi connectivity index (χ4n) is 1.49. The van der Waals surface area contributed by atoms with Crippen molar-refractivity contribution >= 4 is 18.3 Å². The summed E-state index contributed by atoms with van der Waals surface area (Å²) in [6.45, 7) is 1.63. The Labute approximate surface area is 123 Å². The molecule has 3 amide bonds. The van der Waals surface area contributed by atoms with Gasteiger partial charge in [0.05, 0.1) is 21.3 Å². The molecule has 0 unspecified atom stereocenters. The number of methoxy groups -OCH3 is 3. The van der Waals surface area contributed by atoms with Gasteiger partial charge in [-0.15, -0.1) is 0 Å². The van der Waals surface area contributed by atoms with Gasteiger partial charge in [-0.3, -0.25) is 0 Å². The molecule has 0 aromatic carbocycles. The van der Waals surface area contributed by atoms with Crippen LogP contribution in [-0.2, 0) is 14.2 Å². The second kappa shape index (κ2) is 11.6. The molecule has 9 nitrogen and oxygen atoms in total. The van der Waals surface area contributed by atoms with Gasteiger partial charge in [0.2, 0.25) is 0 Å². The van der Waals surface area contributed by atoms with Crippen molar-refractivity contribution in [2.45, 2.75) is 12.8 Å². The predicted molar refractivity (Wildman–Crippen MR) is 74.0 cm³/mol. The highest BCUT2D eigenvalue weighted by Gasteiger charge is 2.13. The number of hydrogen-bond acceptors (Lipinski definition) is 6. The van der Waals surface area contributed by atoms with Crippen LogP contribution in [0.5, 0.6) is 0 Å². The summed E-state index contributed by atoms with van der Waals surface area (Å²) in [4.78, 5) is 34.8. The molecule has 0 aromatic heterocycles. The lowest BCUT2D eigenvalue weighted by atomic mass is 10.3. The molecule has 0 bridgehead atoms. The molecule has 0 saturated carbocycles. The third-order valence-corrected chi connectivity index (χ3v) is 2.55. The summed E-state index contributed by atoms with van der Waals surface area (Å²) >= 11 is 0. The summed E-state index contributed by atoms with van der Waals surface area (Å²) in [7, 11) is 3.86. The number of rotatable bonds is 8. The lowest BCUT2D eigenvalue weighted by Crippen LogP contribution is -2.36. The van der Waals surface area contributed by atoms with E-state index >= 15 is 0 Å². The van der Waals surface area contributed by atoms with Gasteiger partial charge < -0.3 is 29.7 Å². The summed E-state index contributed by atoms with van der Waals surface area (Å²) in [6.07, 6.45) is -0.349. The second-order valence-electron chi connectivity index (χ2n) is 4.00. The molecule has 21 heavy (non-hydrogen) atoms. The molecule has 0 atom stereocenters. The van der Waals surface area contributed by atoms with E-state index in [2.05, 4.69) is 24.8 Å². The van der Waals surface area contributed by atoms with E-state index in [9.17, 15) is 14.4 Å². The number of nitrogens with zero attached hydrogens (tertiary/aromatic N) is 1. The summed E-state index contributed by atoms with van der Waals surface area (Å²) in [6, 6.07) is 0. The van der Waals surface area contributed by atoms with Gasteiger partial charge >= 0.3 is 18.3 Å². The highest BCUT2D eigenvalue weighted by molar-refractivity contribution is 5.68. The maximum Gasteiger partial charge on any atom is 0.409 e. The van der Waals surface area contributed by atoms with Crippen LogP contribution in [0.2, 0.25) is 0 Å². The van der Waals surface area contributed by atoms with Gasteiger partial charge in [0.1, 0.15) is 0 Å². The lowest BCUT2D eigenvalue weighted by Gasteiger charge is -2.21. The van der Waals surface area contributed by atoms with Gasteiger partial charge in [-0.1, -0.05) is 0 Å². The SMILES string of the molecule is COC(=O)NCCCN(CCCNC(=O)OC)C(=O)OC. The number of carbonyl (C=O) groups is 3. The Bertz CT molecular complexity index is 313. The molecule has 122 valence electrons. The van der Waals surface area contributed by atoms with Crippen LogP contribution in [0.25, 0.3) is 0 Å². The summed E-state index contributed by atoms with van der Waals surface area (Å²) in [5, 5.41) is 5.04. The standard InChI is InChI=1S/C12H23N3O6/c1-19-10(16)13-6-4-8-15(12(18)21-3)9-5-7-14-11(17)20-2/h4-9H2,1-3H3,(H,13,16)(H,14,17). The minimum absolute atomic E-state index is 0.389. The minimum atomic E-state index is -0.512. The summed E-state index contributed by atoms with van der Waals surface area (Å²) in [5.74, 6) is 0. The molecule has 0 radical (unpaired) electrons. The van der Waals surface area contributed by atoms with Crippen molar-refractivity contribution in [1.82, 2.24) is 15.5 Å². The number of alkyl carbamates (subject to hydrolysis) is 2. The van der Waals surface area contributed by atoms with Crippen molar-refractivity contribution in [3.05, 3.63) is 0 Å². The van der Waals surface area contributed by atoms with Crippen LogP contribution < -0.4 is 10.6 Å². The third-order valence-electron chi connectivity index (χ3n) is 2.55. The zero-order valence-corrected chi connectivity index (χ0v) is 12.6. The van der Waals surface area contributed by atoms with Crippen LogP contribution in [0.1, 0.15) is 12.8 Å². The summed E-state index contributed by atoms with van der Waals surface area (Å²) < 4.78 is 13.5. The van der Waals surface area contributed by atoms with Crippen molar-refractivity contribution in [2.24, 2.45) is 0 Å². The highest BCUT2D eigenvalue weighted by atomic mass is 16.5. The smallest absolute Gasteiger partial charge is 0.409 e. The van der Waals surface area contributed by atoms with Crippen LogP contribution in [0, 0.1) is 0 Å². The molecule has 0 aromatic rings. The molecule has 0 fully saturated rings. The Morgan fingerprint density at radius 1 is 0.810 bits per heavy atom. The molecule has 0 rings (SSSR count). The van der Waals surface area contributed by atoms with E-state index < -0.39 is 18.3 Å². The first-order chi connectivity index (χ1) is 10.0. The van der Waals surface area contributed by atoms with Gasteiger partial charge in [-0.05, 0) is 12.8 Å². The van der Waals surface area contributed by atoms with Gasteiger partial charge in [0.15, 0.2) is 0 Å². The monoisotopic (exact) mass is 305 g/mol. The van der Waals surface area contributed by atoms with Crippen molar-refractivity contribution in [3.63, 3.8) is 0 Å². The molecule has 2 N–H and O–H groups in total. The van der Waals surface area contributed by atoms with Crippen molar-refractivity contribution in [2.75, 3.05) is 47.5 Å². The van der Waals surface area contributed by atoms with E-state index in [1.165, 1.54) is 26.2 Å². The van der Waals surface area contributed by atoms with E-state index in [1.807, 2.05) is 0 Å². The van der Waals surface area contributed by atoms with Crippen LogP contribution in [-0.4, -0.2) is 70.7 Å². The lowest BCUT2D eigenvalue weighted by molar-refractivity contribution is 0.122. The fourth-order valence-corrected chi connectivity index (χ4v) is 1.49. The molecule has 0 aliphatic heterocycles. The number of amides is 3. The van der Waals surface area contributed by atoms with Crippen LogP contribution in [0.4, 0.5) is 14.4 Å². The van der Waals surface area contributed by atoms with E-state index in [1.54, 1.807) is 0 Å². The predicted octanol–water partition coefficient (Wildman–Crippen LogP) is 0.547. The van der Waals surface area contributed by atoms with Crippen LogP contribution in [0.15, 0.2) is 0 Å². The molecular weight excluding hydrogens is 282 g/mol.